The molecular weight excluding hydrogens is 190 g/mol. The predicted octanol–water partition coefficient (Wildman–Crippen LogP) is 2.34. The summed E-state index contributed by atoms with van der Waals surface area (Å²) in [6.45, 7) is 7.36. The van der Waals surface area contributed by atoms with Crippen molar-refractivity contribution in [2.24, 2.45) is 17.6 Å². The zero-order valence-electron chi connectivity index (χ0n) is 10.3. The zero-order chi connectivity index (χ0) is 11.7. The predicted molar refractivity (Wildman–Crippen MR) is 62.5 cm³/mol. The Morgan fingerprint density at radius 3 is 2.53 bits per heavy atom. The zero-order valence-corrected chi connectivity index (χ0v) is 10.3. The molecule has 0 bridgehead atoms. The number of esters is 1. The van der Waals surface area contributed by atoms with Gasteiger partial charge in [-0.25, -0.2) is 0 Å². The largest absolute Gasteiger partial charge is 0.465 e. The molecule has 90 valence electrons. The van der Waals surface area contributed by atoms with E-state index in [4.69, 9.17) is 10.5 Å². The number of hydrogen-bond donors (Lipinski definition) is 1. The molecule has 0 aromatic rings. The normalized spacial score (nSPS) is 14.7. The van der Waals surface area contributed by atoms with Crippen LogP contribution in [0.25, 0.3) is 0 Å². The van der Waals surface area contributed by atoms with Crippen molar-refractivity contribution in [3.63, 3.8) is 0 Å². The van der Waals surface area contributed by atoms with Gasteiger partial charge in [0.2, 0.25) is 0 Å². The molecule has 3 nitrogen and oxygen atoms in total. The summed E-state index contributed by atoms with van der Waals surface area (Å²) in [5, 5.41) is 0. The second-order valence-corrected chi connectivity index (χ2v) is 4.36. The Kier molecular flexibility index (Phi) is 8.38. The van der Waals surface area contributed by atoms with Crippen LogP contribution in [-0.4, -0.2) is 19.1 Å². The number of hydrogen-bond acceptors (Lipinski definition) is 3. The van der Waals surface area contributed by atoms with Crippen LogP contribution in [0.2, 0.25) is 0 Å². The van der Waals surface area contributed by atoms with Gasteiger partial charge in [0.15, 0.2) is 0 Å². The third kappa shape index (κ3) is 7.37. The molecule has 0 aliphatic rings. The van der Waals surface area contributed by atoms with Gasteiger partial charge in [0.25, 0.3) is 0 Å². The lowest BCUT2D eigenvalue weighted by molar-refractivity contribution is -0.149. The highest BCUT2D eigenvalue weighted by molar-refractivity contribution is 5.71. The van der Waals surface area contributed by atoms with Gasteiger partial charge in [-0.05, 0) is 31.7 Å². The fourth-order valence-electron chi connectivity index (χ4n) is 1.48. The van der Waals surface area contributed by atoms with Crippen LogP contribution in [0, 0.1) is 11.8 Å². The number of carbonyl (C=O) groups is 1. The van der Waals surface area contributed by atoms with E-state index in [9.17, 15) is 4.79 Å². The van der Waals surface area contributed by atoms with E-state index in [2.05, 4.69) is 13.8 Å². The monoisotopic (exact) mass is 215 g/mol. The quantitative estimate of drug-likeness (QED) is 0.632. The van der Waals surface area contributed by atoms with E-state index in [1.807, 2.05) is 6.92 Å². The van der Waals surface area contributed by atoms with Crippen molar-refractivity contribution in [2.75, 3.05) is 13.2 Å². The standard InChI is InChI=1S/C12H25NO2/c1-4-6-10(2)9-15-12(14)11(3)7-5-8-13/h10-11H,4-9,13H2,1-3H3. The third-order valence-electron chi connectivity index (χ3n) is 2.54. The summed E-state index contributed by atoms with van der Waals surface area (Å²) < 4.78 is 5.24. The summed E-state index contributed by atoms with van der Waals surface area (Å²) >= 11 is 0. The molecule has 0 saturated heterocycles. The Balaban J connectivity index is 3.63. The smallest absolute Gasteiger partial charge is 0.308 e. The molecule has 0 aromatic heterocycles. The number of carbonyl (C=O) groups excluding carboxylic acids is 1. The van der Waals surface area contributed by atoms with Crippen LogP contribution >= 0.6 is 0 Å². The molecule has 0 aromatic carbocycles. The van der Waals surface area contributed by atoms with Crippen LogP contribution in [0.15, 0.2) is 0 Å². The van der Waals surface area contributed by atoms with Crippen molar-refractivity contribution in [1.29, 1.82) is 0 Å². The van der Waals surface area contributed by atoms with Gasteiger partial charge < -0.3 is 10.5 Å². The lowest BCUT2D eigenvalue weighted by Crippen LogP contribution is -2.19. The Bertz CT molecular complexity index is 171. The maximum Gasteiger partial charge on any atom is 0.308 e. The maximum atomic E-state index is 11.5. The summed E-state index contributed by atoms with van der Waals surface area (Å²) in [4.78, 5) is 11.5. The topological polar surface area (TPSA) is 52.3 Å². The minimum atomic E-state index is -0.0774. The first kappa shape index (κ1) is 14.4. The maximum absolute atomic E-state index is 11.5. The van der Waals surface area contributed by atoms with Crippen molar-refractivity contribution in [1.82, 2.24) is 0 Å². The van der Waals surface area contributed by atoms with Gasteiger partial charge in [-0.1, -0.05) is 27.2 Å². The summed E-state index contributed by atoms with van der Waals surface area (Å²) in [7, 11) is 0. The Labute approximate surface area is 93.4 Å². The minimum absolute atomic E-state index is 0.0117. The first-order valence-electron chi connectivity index (χ1n) is 5.98. The van der Waals surface area contributed by atoms with Crippen LogP contribution in [-0.2, 0) is 9.53 Å². The van der Waals surface area contributed by atoms with Crippen molar-refractivity contribution < 1.29 is 9.53 Å². The summed E-state index contributed by atoms with van der Waals surface area (Å²) in [5.41, 5.74) is 5.39. The molecule has 2 atom stereocenters. The van der Waals surface area contributed by atoms with Crippen molar-refractivity contribution in [3.8, 4) is 0 Å². The van der Waals surface area contributed by atoms with E-state index in [0.29, 0.717) is 19.1 Å². The molecule has 0 aliphatic heterocycles. The first-order valence-corrected chi connectivity index (χ1v) is 5.98. The molecule has 0 spiro atoms. The first-order chi connectivity index (χ1) is 7.11. The highest BCUT2D eigenvalue weighted by atomic mass is 16.5. The van der Waals surface area contributed by atoms with Crippen molar-refractivity contribution in [3.05, 3.63) is 0 Å². The average molecular weight is 215 g/mol. The van der Waals surface area contributed by atoms with E-state index in [-0.39, 0.29) is 11.9 Å². The fourth-order valence-corrected chi connectivity index (χ4v) is 1.48. The van der Waals surface area contributed by atoms with Crippen LogP contribution in [0.1, 0.15) is 46.5 Å². The van der Waals surface area contributed by atoms with Gasteiger partial charge in [-0.3, -0.25) is 4.79 Å². The van der Waals surface area contributed by atoms with Gasteiger partial charge in [-0.2, -0.15) is 0 Å². The van der Waals surface area contributed by atoms with Crippen LogP contribution in [0.5, 0.6) is 0 Å². The summed E-state index contributed by atoms with van der Waals surface area (Å²) in [5.74, 6) is 0.384. The second kappa shape index (κ2) is 8.72. The Morgan fingerprint density at radius 1 is 1.33 bits per heavy atom. The molecule has 0 rings (SSSR count). The highest BCUT2D eigenvalue weighted by Crippen LogP contribution is 2.10. The molecule has 2 unspecified atom stereocenters. The second-order valence-electron chi connectivity index (χ2n) is 4.36. The van der Waals surface area contributed by atoms with E-state index in [1.54, 1.807) is 0 Å². The molecule has 3 heteroatoms. The highest BCUT2D eigenvalue weighted by Gasteiger charge is 2.14. The van der Waals surface area contributed by atoms with Crippen LogP contribution < -0.4 is 5.73 Å². The SMILES string of the molecule is CCCC(C)COC(=O)C(C)CCCN. The van der Waals surface area contributed by atoms with Crippen molar-refractivity contribution in [2.45, 2.75) is 46.5 Å². The number of rotatable bonds is 8. The molecular formula is C12H25NO2. The van der Waals surface area contributed by atoms with E-state index >= 15 is 0 Å². The van der Waals surface area contributed by atoms with Gasteiger partial charge in [0.05, 0.1) is 12.5 Å². The molecule has 2 N–H and O–H groups in total. The molecule has 0 heterocycles. The molecule has 0 saturated carbocycles. The molecule has 15 heavy (non-hydrogen) atoms. The van der Waals surface area contributed by atoms with Gasteiger partial charge >= 0.3 is 5.97 Å². The molecule has 0 aliphatic carbocycles. The number of ether oxygens (including phenoxy) is 1. The minimum Gasteiger partial charge on any atom is -0.465 e. The lowest BCUT2D eigenvalue weighted by atomic mass is 10.1. The van der Waals surface area contributed by atoms with Crippen LogP contribution in [0.4, 0.5) is 0 Å². The fraction of sp³-hybridized carbons (Fsp3) is 0.917. The lowest BCUT2D eigenvalue weighted by Gasteiger charge is -2.14. The summed E-state index contributed by atoms with van der Waals surface area (Å²) in [6, 6.07) is 0. The van der Waals surface area contributed by atoms with Gasteiger partial charge in [0.1, 0.15) is 0 Å². The molecule has 0 fully saturated rings. The summed E-state index contributed by atoms with van der Waals surface area (Å²) in [6.07, 6.45) is 3.98. The van der Waals surface area contributed by atoms with Crippen molar-refractivity contribution >= 4 is 5.97 Å². The molecule has 0 radical (unpaired) electrons. The molecule has 0 amide bonds. The van der Waals surface area contributed by atoms with Gasteiger partial charge in [-0.15, -0.1) is 0 Å². The average Bonchev–Trinajstić information content (AvgIpc) is 2.22. The number of nitrogens with two attached hydrogens (primary N) is 1. The van der Waals surface area contributed by atoms with Crippen LogP contribution in [0.3, 0.4) is 0 Å². The van der Waals surface area contributed by atoms with E-state index in [0.717, 1.165) is 25.7 Å². The Hall–Kier alpha value is -0.570. The van der Waals surface area contributed by atoms with E-state index in [1.165, 1.54) is 0 Å². The van der Waals surface area contributed by atoms with E-state index < -0.39 is 0 Å². The Morgan fingerprint density at radius 2 is 2.00 bits per heavy atom. The third-order valence-corrected chi connectivity index (χ3v) is 2.54. The van der Waals surface area contributed by atoms with Gasteiger partial charge in [0, 0.05) is 0 Å².